The highest BCUT2D eigenvalue weighted by Crippen LogP contribution is 2.41. The number of nitrogens with zero attached hydrogens (tertiary/aromatic N) is 1. The maximum absolute atomic E-state index is 12.9. The van der Waals surface area contributed by atoms with E-state index in [9.17, 15) is 35.9 Å². The molecule has 0 aliphatic carbocycles. The van der Waals surface area contributed by atoms with Gasteiger partial charge in [-0.2, -0.15) is 26.3 Å². The first-order chi connectivity index (χ1) is 11.8. The second-order valence-electron chi connectivity index (χ2n) is 5.53. The topological polar surface area (TPSA) is 99.3 Å². The van der Waals surface area contributed by atoms with Crippen LogP contribution in [0, 0.1) is 5.41 Å². The number of carbonyl (C=O) groups is 2. The first-order valence-electron chi connectivity index (χ1n) is 7.02. The normalized spacial score (nSPS) is 17.2. The summed E-state index contributed by atoms with van der Waals surface area (Å²) in [6.07, 6.45) is -10.4. The molecule has 1 aliphatic rings. The van der Waals surface area contributed by atoms with Crippen LogP contribution in [0.15, 0.2) is 18.2 Å². The quantitative estimate of drug-likeness (QED) is 0.424. The maximum atomic E-state index is 12.9. The number of alkyl halides is 6. The summed E-state index contributed by atoms with van der Waals surface area (Å²) in [4.78, 5) is 24.2. The molecule has 0 saturated heterocycles. The van der Waals surface area contributed by atoms with E-state index in [1.807, 2.05) is 5.32 Å². The number of carbonyl (C=O) groups excluding carboxylic acids is 2. The molecule has 1 aromatic rings. The lowest BCUT2D eigenvalue weighted by molar-refractivity contribution is -0.146. The molecule has 0 unspecified atom stereocenters. The van der Waals surface area contributed by atoms with Crippen molar-refractivity contribution in [1.82, 2.24) is 10.2 Å². The molecule has 1 heterocycles. The van der Waals surface area contributed by atoms with Crippen LogP contribution in [0.4, 0.5) is 26.3 Å². The average Bonchev–Trinajstić information content (AvgIpc) is 2.69. The molecule has 2 amide bonds. The Morgan fingerprint density at radius 2 is 1.85 bits per heavy atom. The number of guanidine groups is 1. The summed E-state index contributed by atoms with van der Waals surface area (Å²) >= 11 is 0. The highest BCUT2D eigenvalue weighted by atomic mass is 19.4. The van der Waals surface area contributed by atoms with Gasteiger partial charge in [-0.3, -0.25) is 20.3 Å². The highest BCUT2D eigenvalue weighted by molar-refractivity contribution is 6.01. The van der Waals surface area contributed by atoms with E-state index in [-0.39, 0.29) is 16.0 Å². The van der Waals surface area contributed by atoms with E-state index >= 15 is 0 Å². The number of fused-ring (bicyclic) bond motifs is 1. The van der Waals surface area contributed by atoms with Crippen LogP contribution >= 0.6 is 0 Å². The number of rotatable bonds is 3. The van der Waals surface area contributed by atoms with Crippen molar-refractivity contribution in [2.75, 3.05) is 6.54 Å². The predicted molar refractivity (Wildman–Crippen MR) is 76.0 cm³/mol. The van der Waals surface area contributed by atoms with Crippen molar-refractivity contribution >= 4 is 17.8 Å². The number of hydrogen-bond acceptors (Lipinski definition) is 3. The zero-order valence-electron chi connectivity index (χ0n) is 12.8. The molecule has 4 N–H and O–H groups in total. The molecule has 6 nitrogen and oxygen atoms in total. The van der Waals surface area contributed by atoms with E-state index < -0.39 is 54.7 Å². The minimum Gasteiger partial charge on any atom is -0.370 e. The van der Waals surface area contributed by atoms with Gasteiger partial charge in [0.15, 0.2) is 5.96 Å². The minimum absolute atomic E-state index is 0.282. The molecule has 0 fully saturated rings. The van der Waals surface area contributed by atoms with Gasteiger partial charge in [-0.25, -0.2) is 0 Å². The maximum Gasteiger partial charge on any atom is 0.416 e. The Balaban J connectivity index is 2.46. The third-order valence-electron chi connectivity index (χ3n) is 3.61. The summed E-state index contributed by atoms with van der Waals surface area (Å²) in [5, 5.41) is 8.75. The number of nitrogens with two attached hydrogens (primary N) is 1. The Morgan fingerprint density at radius 3 is 2.35 bits per heavy atom. The Kier molecular flexibility index (Phi) is 4.88. The van der Waals surface area contributed by atoms with Crippen LogP contribution in [0.1, 0.15) is 33.9 Å². The van der Waals surface area contributed by atoms with Gasteiger partial charge >= 0.3 is 12.4 Å². The third-order valence-corrected chi connectivity index (χ3v) is 3.61. The molecule has 12 heteroatoms. The van der Waals surface area contributed by atoms with Crippen molar-refractivity contribution in [1.29, 1.82) is 5.41 Å². The lowest BCUT2D eigenvalue weighted by Crippen LogP contribution is -2.41. The van der Waals surface area contributed by atoms with E-state index in [1.165, 1.54) is 0 Å². The summed E-state index contributed by atoms with van der Waals surface area (Å²) in [5.41, 5.74) is 3.11. The third kappa shape index (κ3) is 4.24. The van der Waals surface area contributed by atoms with Gasteiger partial charge in [0.2, 0.25) is 5.91 Å². The number of nitrogens with one attached hydrogen (secondary N) is 2. The second kappa shape index (κ2) is 6.50. The zero-order valence-corrected chi connectivity index (χ0v) is 12.8. The van der Waals surface area contributed by atoms with Crippen molar-refractivity contribution < 1.29 is 35.9 Å². The Hall–Kier alpha value is -2.79. The van der Waals surface area contributed by atoms with Crippen LogP contribution < -0.4 is 11.1 Å². The average molecular weight is 382 g/mol. The van der Waals surface area contributed by atoms with E-state index in [2.05, 4.69) is 0 Å². The molecular weight excluding hydrogens is 370 g/mol. The van der Waals surface area contributed by atoms with Crippen LogP contribution in [0.2, 0.25) is 0 Å². The van der Waals surface area contributed by atoms with Gasteiger partial charge in [-0.05, 0) is 23.8 Å². The first kappa shape index (κ1) is 19.5. The van der Waals surface area contributed by atoms with Crippen LogP contribution in [0.3, 0.4) is 0 Å². The van der Waals surface area contributed by atoms with Crippen molar-refractivity contribution in [3.63, 3.8) is 0 Å². The van der Waals surface area contributed by atoms with Crippen molar-refractivity contribution in [2.45, 2.75) is 24.8 Å². The molecule has 26 heavy (non-hydrogen) atoms. The fourth-order valence-corrected chi connectivity index (χ4v) is 2.65. The molecule has 0 aromatic heterocycles. The van der Waals surface area contributed by atoms with Crippen LogP contribution in [0.5, 0.6) is 0 Å². The summed E-state index contributed by atoms with van der Waals surface area (Å²) in [5.74, 6) is -2.93. The molecular formula is C14H12F6N4O2. The first-order valence-corrected chi connectivity index (χ1v) is 7.02. The highest BCUT2D eigenvalue weighted by Gasteiger charge is 2.45. The number of benzene rings is 1. The van der Waals surface area contributed by atoms with Gasteiger partial charge in [0, 0.05) is 5.56 Å². The van der Waals surface area contributed by atoms with E-state index in [0.29, 0.717) is 12.1 Å². The summed E-state index contributed by atoms with van der Waals surface area (Å²) in [6.45, 7) is -1.74. The molecule has 1 aliphatic heterocycles. The number of hydrogen-bond donors (Lipinski definition) is 3. The van der Waals surface area contributed by atoms with Crippen molar-refractivity contribution in [3.05, 3.63) is 34.9 Å². The standard InChI is InChI=1S/C14H12F6N4O2/c15-13(16,17)5-24-9(4-10(25)23-12(21)22)8-3-6(14(18,19)20)1-2-7(8)11(24)26/h1-3,9H,4-5H2,(H4,21,22,23,25)/t9-/m1/s1. The minimum atomic E-state index is -4.82. The lowest BCUT2D eigenvalue weighted by Gasteiger charge is -2.26. The summed E-state index contributed by atoms with van der Waals surface area (Å²) in [7, 11) is 0. The molecule has 1 atom stereocenters. The van der Waals surface area contributed by atoms with Gasteiger partial charge in [0.25, 0.3) is 5.91 Å². The van der Waals surface area contributed by atoms with E-state index in [1.54, 1.807) is 0 Å². The van der Waals surface area contributed by atoms with Gasteiger partial charge in [-0.1, -0.05) is 0 Å². The monoisotopic (exact) mass is 382 g/mol. The Morgan fingerprint density at radius 1 is 1.23 bits per heavy atom. The summed E-state index contributed by atoms with van der Waals surface area (Å²) in [6, 6.07) is 0.351. The molecule has 142 valence electrons. The van der Waals surface area contributed by atoms with Crippen LogP contribution in [-0.4, -0.2) is 35.4 Å². The SMILES string of the molecule is N=C(N)NC(=O)C[C@@H]1c2cc(C(F)(F)F)ccc2C(=O)N1CC(F)(F)F. The molecule has 2 rings (SSSR count). The predicted octanol–water partition coefficient (Wildman–Crippen LogP) is 2.16. The largest absolute Gasteiger partial charge is 0.416 e. The Bertz CT molecular complexity index is 759. The number of amides is 2. The van der Waals surface area contributed by atoms with Gasteiger partial charge < -0.3 is 10.6 Å². The van der Waals surface area contributed by atoms with Crippen LogP contribution in [-0.2, 0) is 11.0 Å². The van der Waals surface area contributed by atoms with Crippen LogP contribution in [0.25, 0.3) is 0 Å². The Labute approximate surface area is 142 Å². The zero-order chi connectivity index (χ0) is 19.9. The summed E-state index contributed by atoms with van der Waals surface area (Å²) < 4.78 is 76.9. The molecule has 1 aromatic carbocycles. The molecule has 0 bridgehead atoms. The fraction of sp³-hybridized carbons (Fsp3) is 0.357. The molecule has 0 radical (unpaired) electrons. The van der Waals surface area contributed by atoms with Crippen molar-refractivity contribution in [3.8, 4) is 0 Å². The smallest absolute Gasteiger partial charge is 0.370 e. The molecule has 0 spiro atoms. The van der Waals surface area contributed by atoms with Gasteiger partial charge in [-0.15, -0.1) is 0 Å². The van der Waals surface area contributed by atoms with Crippen molar-refractivity contribution in [2.24, 2.45) is 5.73 Å². The molecule has 0 saturated carbocycles. The van der Waals surface area contributed by atoms with E-state index in [0.717, 1.165) is 6.07 Å². The van der Waals surface area contributed by atoms with Gasteiger partial charge in [0.1, 0.15) is 6.54 Å². The fourth-order valence-electron chi connectivity index (χ4n) is 2.65. The lowest BCUT2D eigenvalue weighted by atomic mass is 9.99. The van der Waals surface area contributed by atoms with Gasteiger partial charge in [0.05, 0.1) is 18.0 Å². The second-order valence-corrected chi connectivity index (χ2v) is 5.53. The number of halogens is 6. The van der Waals surface area contributed by atoms with E-state index in [4.69, 9.17) is 11.1 Å².